The van der Waals surface area contributed by atoms with Crippen LogP contribution in [0.15, 0.2) is 30.3 Å². The molecule has 0 aliphatic carbocycles. The van der Waals surface area contributed by atoms with Gasteiger partial charge >= 0.3 is 5.97 Å². The number of nitrogens with one attached hydrogen (secondary N) is 1. The molecule has 0 aliphatic heterocycles. The van der Waals surface area contributed by atoms with Gasteiger partial charge < -0.3 is 19.7 Å². The summed E-state index contributed by atoms with van der Waals surface area (Å²) in [5.41, 5.74) is 3.44. The van der Waals surface area contributed by atoms with Crippen molar-refractivity contribution in [1.82, 2.24) is 9.88 Å². The molecule has 2 aromatic rings. The second kappa shape index (κ2) is 8.37. The van der Waals surface area contributed by atoms with Crippen LogP contribution in [0.25, 0.3) is 5.69 Å². The maximum absolute atomic E-state index is 12.4. The highest BCUT2D eigenvalue weighted by atomic mass is 16.5. The van der Waals surface area contributed by atoms with Crippen molar-refractivity contribution in [3.05, 3.63) is 47.3 Å². The van der Waals surface area contributed by atoms with Gasteiger partial charge in [-0.15, -0.1) is 0 Å². The van der Waals surface area contributed by atoms with Crippen molar-refractivity contribution in [2.45, 2.75) is 33.1 Å². The van der Waals surface area contributed by atoms with Crippen LogP contribution >= 0.6 is 0 Å². The molecular formula is C19H24N2O4. The van der Waals surface area contributed by atoms with Crippen molar-refractivity contribution >= 4 is 11.9 Å². The lowest BCUT2D eigenvalue weighted by Gasteiger charge is -2.11. The van der Waals surface area contributed by atoms with Crippen LogP contribution in [0.4, 0.5) is 0 Å². The molecule has 0 radical (unpaired) electrons. The Bertz CT molecular complexity index is 748. The van der Waals surface area contributed by atoms with Gasteiger partial charge in [0.15, 0.2) is 0 Å². The first-order chi connectivity index (χ1) is 11.9. The van der Waals surface area contributed by atoms with Crippen LogP contribution in [0.5, 0.6) is 5.75 Å². The number of carbonyl (C=O) groups excluding carboxylic acids is 1. The molecule has 0 aliphatic rings. The molecule has 1 amide bonds. The van der Waals surface area contributed by atoms with Crippen LogP contribution < -0.4 is 10.1 Å². The number of unbranched alkanes of at least 4 members (excludes halogenated alkanes) is 1. The molecule has 6 nitrogen and oxygen atoms in total. The Morgan fingerprint density at radius 2 is 1.84 bits per heavy atom. The molecule has 6 heteroatoms. The number of methoxy groups -OCH3 is 1. The lowest BCUT2D eigenvalue weighted by molar-refractivity contribution is -0.137. The summed E-state index contributed by atoms with van der Waals surface area (Å²) >= 11 is 0. The van der Waals surface area contributed by atoms with Crippen molar-refractivity contribution in [2.24, 2.45) is 0 Å². The van der Waals surface area contributed by atoms with E-state index in [0.29, 0.717) is 24.9 Å². The monoisotopic (exact) mass is 344 g/mol. The van der Waals surface area contributed by atoms with Crippen molar-refractivity contribution in [3.63, 3.8) is 0 Å². The molecule has 0 fully saturated rings. The Kier molecular flexibility index (Phi) is 6.22. The molecule has 1 heterocycles. The third-order valence-corrected chi connectivity index (χ3v) is 4.11. The molecule has 0 unspecified atom stereocenters. The minimum atomic E-state index is -0.811. The van der Waals surface area contributed by atoms with Gasteiger partial charge in [0, 0.05) is 30.0 Å². The second-order valence-electron chi connectivity index (χ2n) is 5.92. The topological polar surface area (TPSA) is 80.6 Å². The number of aromatic nitrogens is 1. The third kappa shape index (κ3) is 4.62. The zero-order valence-electron chi connectivity index (χ0n) is 14.8. The van der Waals surface area contributed by atoms with E-state index in [2.05, 4.69) is 5.32 Å². The van der Waals surface area contributed by atoms with Crippen molar-refractivity contribution in [1.29, 1.82) is 0 Å². The highest BCUT2D eigenvalue weighted by Gasteiger charge is 2.16. The molecule has 1 aromatic heterocycles. The number of carboxylic acid groups (broad SMARTS) is 1. The van der Waals surface area contributed by atoms with Gasteiger partial charge in [-0.05, 0) is 57.0 Å². The highest BCUT2D eigenvalue weighted by Crippen LogP contribution is 2.22. The summed E-state index contributed by atoms with van der Waals surface area (Å²) < 4.78 is 7.20. The van der Waals surface area contributed by atoms with Gasteiger partial charge in [-0.3, -0.25) is 9.59 Å². The van der Waals surface area contributed by atoms with E-state index in [1.165, 1.54) is 0 Å². The van der Waals surface area contributed by atoms with Gasteiger partial charge in [-0.2, -0.15) is 0 Å². The van der Waals surface area contributed by atoms with E-state index in [-0.39, 0.29) is 12.3 Å². The molecule has 1 aromatic carbocycles. The Balaban J connectivity index is 2.07. The number of ether oxygens (including phenoxy) is 1. The van der Waals surface area contributed by atoms with E-state index in [1.54, 1.807) is 7.11 Å². The predicted octanol–water partition coefficient (Wildman–Crippen LogP) is 3.09. The standard InChI is InChI=1S/C19H24N2O4/c1-13-12-17(19(24)20-11-5-4-6-18(22)23)14(2)21(13)15-7-9-16(25-3)10-8-15/h7-10,12H,4-6,11H2,1-3H3,(H,20,24)(H,22,23). The molecule has 0 bridgehead atoms. The molecule has 25 heavy (non-hydrogen) atoms. The van der Waals surface area contributed by atoms with E-state index in [4.69, 9.17) is 9.84 Å². The van der Waals surface area contributed by atoms with E-state index in [1.807, 2.05) is 48.7 Å². The Hall–Kier alpha value is -2.76. The average Bonchev–Trinajstić information content (AvgIpc) is 2.89. The third-order valence-electron chi connectivity index (χ3n) is 4.11. The zero-order chi connectivity index (χ0) is 18.4. The number of carboxylic acids is 1. The highest BCUT2D eigenvalue weighted by molar-refractivity contribution is 5.95. The maximum Gasteiger partial charge on any atom is 0.303 e. The summed E-state index contributed by atoms with van der Waals surface area (Å²) in [5, 5.41) is 11.5. The molecule has 0 spiro atoms. The predicted molar refractivity (Wildman–Crippen MR) is 95.6 cm³/mol. The van der Waals surface area contributed by atoms with Crippen molar-refractivity contribution < 1.29 is 19.4 Å². The lowest BCUT2D eigenvalue weighted by atomic mass is 10.2. The summed E-state index contributed by atoms with van der Waals surface area (Å²) in [7, 11) is 1.63. The normalized spacial score (nSPS) is 10.5. The second-order valence-corrected chi connectivity index (χ2v) is 5.92. The van der Waals surface area contributed by atoms with Gasteiger partial charge in [0.05, 0.1) is 12.7 Å². The minimum Gasteiger partial charge on any atom is -0.497 e. The first-order valence-corrected chi connectivity index (χ1v) is 8.27. The first-order valence-electron chi connectivity index (χ1n) is 8.27. The van der Waals surface area contributed by atoms with E-state index in [9.17, 15) is 9.59 Å². The van der Waals surface area contributed by atoms with Crippen molar-refractivity contribution in [3.8, 4) is 11.4 Å². The molecule has 2 N–H and O–H groups in total. The Morgan fingerprint density at radius 1 is 1.16 bits per heavy atom. The fourth-order valence-electron chi connectivity index (χ4n) is 2.82. The number of carbonyl (C=O) groups is 2. The summed E-state index contributed by atoms with van der Waals surface area (Å²) in [5.74, 6) is -0.164. The fraction of sp³-hybridized carbons (Fsp3) is 0.368. The first kappa shape index (κ1) is 18.6. The van der Waals surface area contributed by atoms with Gasteiger partial charge in [0.2, 0.25) is 0 Å². The molecule has 0 saturated heterocycles. The number of hydrogen-bond donors (Lipinski definition) is 2. The summed E-state index contributed by atoms with van der Waals surface area (Å²) in [6.45, 7) is 4.34. The van der Waals surface area contributed by atoms with Gasteiger partial charge in [0.1, 0.15) is 5.75 Å². The largest absolute Gasteiger partial charge is 0.497 e. The van der Waals surface area contributed by atoms with Crippen LogP contribution in [-0.2, 0) is 4.79 Å². The fourth-order valence-corrected chi connectivity index (χ4v) is 2.82. The summed E-state index contributed by atoms with van der Waals surface area (Å²) in [6.07, 6.45) is 1.33. The minimum absolute atomic E-state index is 0.127. The van der Waals surface area contributed by atoms with Gasteiger partial charge in [-0.1, -0.05) is 0 Å². The Labute approximate surface area is 147 Å². The molecular weight excluding hydrogens is 320 g/mol. The van der Waals surface area contributed by atoms with Crippen LogP contribution in [-0.4, -0.2) is 35.2 Å². The number of aliphatic carboxylic acids is 1. The Morgan fingerprint density at radius 3 is 2.44 bits per heavy atom. The van der Waals surface area contributed by atoms with Gasteiger partial charge in [0.25, 0.3) is 5.91 Å². The maximum atomic E-state index is 12.4. The van der Waals surface area contributed by atoms with Crippen LogP contribution in [0.2, 0.25) is 0 Å². The SMILES string of the molecule is COc1ccc(-n2c(C)cc(C(=O)NCCCCC(=O)O)c2C)cc1. The number of amides is 1. The molecule has 134 valence electrons. The number of benzene rings is 1. The van der Waals surface area contributed by atoms with E-state index < -0.39 is 5.97 Å². The molecule has 0 atom stereocenters. The molecule has 0 saturated carbocycles. The van der Waals surface area contributed by atoms with Crippen LogP contribution in [0, 0.1) is 13.8 Å². The average molecular weight is 344 g/mol. The smallest absolute Gasteiger partial charge is 0.303 e. The number of rotatable bonds is 8. The van der Waals surface area contributed by atoms with Crippen LogP contribution in [0.3, 0.4) is 0 Å². The van der Waals surface area contributed by atoms with Crippen LogP contribution in [0.1, 0.15) is 41.0 Å². The quantitative estimate of drug-likeness (QED) is 0.721. The van der Waals surface area contributed by atoms with E-state index >= 15 is 0 Å². The summed E-state index contributed by atoms with van der Waals surface area (Å²) in [4.78, 5) is 22.9. The number of hydrogen-bond acceptors (Lipinski definition) is 3. The molecule has 2 rings (SSSR count). The van der Waals surface area contributed by atoms with E-state index in [0.717, 1.165) is 22.8 Å². The summed E-state index contributed by atoms with van der Waals surface area (Å²) in [6, 6.07) is 9.54. The number of nitrogens with zero attached hydrogens (tertiary/aromatic N) is 1. The lowest BCUT2D eigenvalue weighted by Crippen LogP contribution is -2.25. The number of aryl methyl sites for hydroxylation is 1. The van der Waals surface area contributed by atoms with Crippen molar-refractivity contribution in [2.75, 3.05) is 13.7 Å². The zero-order valence-corrected chi connectivity index (χ0v) is 14.8. The van der Waals surface area contributed by atoms with Gasteiger partial charge in [-0.25, -0.2) is 0 Å².